The maximum absolute atomic E-state index is 13.4. The van der Waals surface area contributed by atoms with E-state index in [1.807, 2.05) is 6.92 Å². The summed E-state index contributed by atoms with van der Waals surface area (Å²) in [5.41, 5.74) is 10.3. The first kappa shape index (κ1) is 14.4. The van der Waals surface area contributed by atoms with Gasteiger partial charge in [-0.25, -0.2) is 4.39 Å². The highest BCUT2D eigenvalue weighted by Crippen LogP contribution is 2.36. The van der Waals surface area contributed by atoms with Crippen LogP contribution in [-0.4, -0.2) is 15.0 Å². The molecule has 5 nitrogen and oxygen atoms in total. The number of aromatic nitrogens is 3. The van der Waals surface area contributed by atoms with Crippen LogP contribution < -0.4 is 11.1 Å². The van der Waals surface area contributed by atoms with Gasteiger partial charge < -0.3 is 11.1 Å². The minimum atomic E-state index is -1.29. The molecule has 1 unspecified atom stereocenters. The molecule has 0 spiro atoms. The number of hydrogen-bond donors (Lipinski definition) is 2. The molecule has 6 heteroatoms. The van der Waals surface area contributed by atoms with E-state index in [-0.39, 0.29) is 17.8 Å². The minimum absolute atomic E-state index is 0.0149. The van der Waals surface area contributed by atoms with Crippen molar-refractivity contribution in [2.75, 3.05) is 11.1 Å². The summed E-state index contributed by atoms with van der Waals surface area (Å²) in [5.74, 6) is 0.347. The minimum Gasteiger partial charge on any atom is -0.368 e. The molecular formula is C16H18FN5. The molecule has 22 heavy (non-hydrogen) atoms. The van der Waals surface area contributed by atoms with E-state index < -0.39 is 6.17 Å². The SMILES string of the molecule is CC1=Cc2ccc(C)cc2C1Nc1nc(N)nc([C@@H](C)F)n1. The third-order valence-electron chi connectivity index (χ3n) is 3.69. The highest BCUT2D eigenvalue weighted by Gasteiger charge is 2.24. The predicted octanol–water partition coefficient (Wildman–Crippen LogP) is 3.36. The summed E-state index contributed by atoms with van der Waals surface area (Å²) < 4.78 is 13.4. The summed E-state index contributed by atoms with van der Waals surface area (Å²) in [6, 6.07) is 6.25. The van der Waals surface area contributed by atoms with Gasteiger partial charge in [-0.05, 0) is 37.5 Å². The topological polar surface area (TPSA) is 76.7 Å². The van der Waals surface area contributed by atoms with Gasteiger partial charge in [0, 0.05) is 0 Å². The van der Waals surface area contributed by atoms with E-state index >= 15 is 0 Å². The van der Waals surface area contributed by atoms with Crippen LogP contribution in [-0.2, 0) is 0 Å². The van der Waals surface area contributed by atoms with E-state index in [9.17, 15) is 4.39 Å². The average molecular weight is 299 g/mol. The second kappa shape index (κ2) is 5.36. The van der Waals surface area contributed by atoms with Gasteiger partial charge in [0.25, 0.3) is 0 Å². The number of halogens is 1. The van der Waals surface area contributed by atoms with E-state index in [0.717, 1.165) is 11.1 Å². The van der Waals surface area contributed by atoms with Crippen molar-refractivity contribution in [3.8, 4) is 0 Å². The van der Waals surface area contributed by atoms with Gasteiger partial charge in [-0.1, -0.05) is 29.8 Å². The highest BCUT2D eigenvalue weighted by atomic mass is 19.1. The van der Waals surface area contributed by atoms with Crippen molar-refractivity contribution >= 4 is 18.0 Å². The Balaban J connectivity index is 1.95. The number of rotatable bonds is 3. The van der Waals surface area contributed by atoms with Gasteiger partial charge in [-0.3, -0.25) is 0 Å². The first-order valence-corrected chi connectivity index (χ1v) is 7.15. The third kappa shape index (κ3) is 2.64. The lowest BCUT2D eigenvalue weighted by Gasteiger charge is -2.17. The number of hydrogen-bond acceptors (Lipinski definition) is 5. The summed E-state index contributed by atoms with van der Waals surface area (Å²) in [7, 11) is 0. The van der Waals surface area contributed by atoms with Crippen molar-refractivity contribution in [2.45, 2.75) is 33.0 Å². The summed E-state index contributed by atoms with van der Waals surface area (Å²) >= 11 is 0. The van der Waals surface area contributed by atoms with E-state index in [4.69, 9.17) is 5.73 Å². The van der Waals surface area contributed by atoms with E-state index in [2.05, 4.69) is 51.5 Å². The zero-order chi connectivity index (χ0) is 15.9. The molecule has 1 aliphatic rings. The molecule has 0 saturated carbocycles. The Morgan fingerprint density at radius 2 is 2.00 bits per heavy atom. The fourth-order valence-electron chi connectivity index (χ4n) is 2.62. The van der Waals surface area contributed by atoms with Crippen LogP contribution in [0.4, 0.5) is 16.3 Å². The van der Waals surface area contributed by atoms with Gasteiger partial charge in [-0.2, -0.15) is 15.0 Å². The fourth-order valence-corrected chi connectivity index (χ4v) is 2.62. The van der Waals surface area contributed by atoms with Crippen molar-refractivity contribution in [1.29, 1.82) is 0 Å². The van der Waals surface area contributed by atoms with Crippen LogP contribution >= 0.6 is 0 Å². The normalized spacial score (nSPS) is 17.8. The third-order valence-corrected chi connectivity index (χ3v) is 3.69. The Morgan fingerprint density at radius 3 is 2.73 bits per heavy atom. The average Bonchev–Trinajstić information content (AvgIpc) is 2.74. The molecule has 0 bridgehead atoms. The molecule has 114 valence electrons. The number of nitrogens with zero attached hydrogens (tertiary/aromatic N) is 3. The molecule has 0 radical (unpaired) electrons. The van der Waals surface area contributed by atoms with Crippen LogP contribution in [0.5, 0.6) is 0 Å². The first-order valence-electron chi connectivity index (χ1n) is 7.15. The second-order valence-corrected chi connectivity index (χ2v) is 5.59. The number of nitrogen functional groups attached to an aromatic ring is 1. The molecule has 0 amide bonds. The van der Waals surface area contributed by atoms with Crippen molar-refractivity contribution in [1.82, 2.24) is 15.0 Å². The summed E-state index contributed by atoms with van der Waals surface area (Å²) in [6.07, 6.45) is 0.830. The fraction of sp³-hybridized carbons (Fsp3) is 0.312. The molecule has 2 aromatic rings. The number of aryl methyl sites for hydroxylation is 1. The molecule has 2 atom stereocenters. The zero-order valence-electron chi connectivity index (χ0n) is 12.8. The summed E-state index contributed by atoms with van der Waals surface area (Å²) in [5, 5.41) is 3.23. The molecule has 0 aliphatic heterocycles. The van der Waals surface area contributed by atoms with Crippen molar-refractivity contribution in [2.24, 2.45) is 0 Å². The summed E-state index contributed by atoms with van der Waals surface area (Å²) in [4.78, 5) is 12.0. The second-order valence-electron chi connectivity index (χ2n) is 5.59. The Kier molecular flexibility index (Phi) is 3.52. The van der Waals surface area contributed by atoms with Crippen molar-refractivity contribution in [3.05, 3.63) is 46.3 Å². The Morgan fingerprint density at radius 1 is 1.23 bits per heavy atom. The predicted molar refractivity (Wildman–Crippen MR) is 85.0 cm³/mol. The molecule has 1 aromatic heterocycles. The van der Waals surface area contributed by atoms with Gasteiger partial charge in [0.1, 0.15) is 0 Å². The Bertz CT molecular complexity index is 754. The van der Waals surface area contributed by atoms with Crippen molar-refractivity contribution in [3.63, 3.8) is 0 Å². The molecule has 0 saturated heterocycles. The number of alkyl halides is 1. The van der Waals surface area contributed by atoms with E-state index in [1.165, 1.54) is 18.1 Å². The number of fused-ring (bicyclic) bond motifs is 1. The van der Waals surface area contributed by atoms with Crippen LogP contribution in [0.1, 0.15) is 48.6 Å². The van der Waals surface area contributed by atoms with Crippen molar-refractivity contribution < 1.29 is 4.39 Å². The molecule has 1 heterocycles. The lowest BCUT2D eigenvalue weighted by molar-refractivity contribution is 0.356. The molecule has 1 aromatic carbocycles. The number of benzene rings is 1. The lowest BCUT2D eigenvalue weighted by atomic mass is 10.0. The molecule has 3 N–H and O–H groups in total. The zero-order valence-corrected chi connectivity index (χ0v) is 12.8. The standard InChI is InChI=1S/C16H18FN5/c1-8-4-5-11-7-9(2)13(12(11)6-8)19-16-21-14(10(3)17)20-15(18)22-16/h4-7,10,13H,1-3H3,(H3,18,19,20,21,22)/t10-,13?/m1/s1. The maximum atomic E-state index is 13.4. The van der Waals surface area contributed by atoms with E-state index in [0.29, 0.717) is 5.95 Å². The molecular weight excluding hydrogens is 281 g/mol. The van der Waals surface area contributed by atoms with Crippen LogP contribution in [0.3, 0.4) is 0 Å². The number of anilines is 2. The quantitative estimate of drug-likeness (QED) is 0.908. The monoisotopic (exact) mass is 299 g/mol. The maximum Gasteiger partial charge on any atom is 0.228 e. The van der Waals surface area contributed by atoms with Gasteiger partial charge >= 0.3 is 0 Å². The Labute approximate surface area is 128 Å². The molecule has 1 aliphatic carbocycles. The van der Waals surface area contributed by atoms with Crippen LogP contribution in [0, 0.1) is 6.92 Å². The smallest absolute Gasteiger partial charge is 0.228 e. The molecule has 0 fully saturated rings. The first-order chi connectivity index (χ1) is 10.4. The van der Waals surface area contributed by atoms with Crippen LogP contribution in [0.15, 0.2) is 23.8 Å². The van der Waals surface area contributed by atoms with Crippen LogP contribution in [0.25, 0.3) is 6.08 Å². The largest absolute Gasteiger partial charge is 0.368 e. The number of nitrogens with one attached hydrogen (secondary N) is 1. The van der Waals surface area contributed by atoms with Crippen LogP contribution in [0.2, 0.25) is 0 Å². The molecule has 3 rings (SSSR count). The number of nitrogens with two attached hydrogens (primary N) is 1. The van der Waals surface area contributed by atoms with Gasteiger partial charge in [0.05, 0.1) is 6.04 Å². The lowest BCUT2D eigenvalue weighted by Crippen LogP contribution is -2.15. The Hall–Kier alpha value is -2.50. The van der Waals surface area contributed by atoms with Gasteiger partial charge in [0.15, 0.2) is 12.0 Å². The van der Waals surface area contributed by atoms with Gasteiger partial charge in [0.2, 0.25) is 11.9 Å². The highest BCUT2D eigenvalue weighted by molar-refractivity contribution is 5.68. The van der Waals surface area contributed by atoms with E-state index in [1.54, 1.807) is 0 Å². The van der Waals surface area contributed by atoms with Gasteiger partial charge in [-0.15, -0.1) is 0 Å². The summed E-state index contributed by atoms with van der Waals surface area (Å²) in [6.45, 7) is 5.46.